The molecule has 1 amide bonds. The quantitative estimate of drug-likeness (QED) is 0.580. The third kappa shape index (κ3) is 5.93. The highest BCUT2D eigenvalue weighted by molar-refractivity contribution is 7.89. The van der Waals surface area contributed by atoms with Crippen LogP contribution in [0.2, 0.25) is 0 Å². The number of benzene rings is 1. The van der Waals surface area contributed by atoms with Crippen LogP contribution in [0.4, 0.5) is 5.82 Å². The summed E-state index contributed by atoms with van der Waals surface area (Å²) < 4.78 is 32.3. The molecule has 2 aliphatic heterocycles. The molecule has 2 fully saturated rings. The van der Waals surface area contributed by atoms with Gasteiger partial charge in [-0.15, -0.1) is 0 Å². The standard InChI is InChI=1S/C24H33N5O4S/c1-20-3-5-21(6-4-20)18-26(2)24(30)19-27-9-11-28(12-10-27)23-8-7-22(17-25-23)34(31,32)29-13-15-33-16-14-29/h3-8,17H,9-16,18-19H2,1-2H3. The van der Waals surface area contributed by atoms with Crippen LogP contribution in [0.25, 0.3) is 0 Å². The van der Waals surface area contributed by atoms with Crippen LogP contribution < -0.4 is 4.90 Å². The summed E-state index contributed by atoms with van der Waals surface area (Å²) in [5, 5.41) is 0. The van der Waals surface area contributed by atoms with Crippen molar-refractivity contribution in [3.8, 4) is 0 Å². The van der Waals surface area contributed by atoms with Gasteiger partial charge >= 0.3 is 0 Å². The van der Waals surface area contributed by atoms with Gasteiger partial charge in [0.15, 0.2) is 0 Å². The maximum absolute atomic E-state index is 12.8. The molecule has 2 saturated heterocycles. The first-order valence-corrected chi connectivity index (χ1v) is 13.1. The molecule has 10 heteroatoms. The average molecular weight is 488 g/mol. The second-order valence-corrected chi connectivity index (χ2v) is 10.8. The van der Waals surface area contributed by atoms with Gasteiger partial charge in [-0.25, -0.2) is 13.4 Å². The predicted octanol–water partition coefficient (Wildman–Crippen LogP) is 1.19. The van der Waals surface area contributed by atoms with E-state index in [4.69, 9.17) is 4.74 Å². The number of sulfonamides is 1. The Balaban J connectivity index is 1.27. The second kappa shape index (κ2) is 10.8. The van der Waals surface area contributed by atoms with Crippen molar-refractivity contribution in [3.63, 3.8) is 0 Å². The first-order chi connectivity index (χ1) is 16.3. The van der Waals surface area contributed by atoms with Crippen molar-refractivity contribution in [1.82, 2.24) is 19.1 Å². The Kier molecular flexibility index (Phi) is 7.82. The number of morpholine rings is 1. The van der Waals surface area contributed by atoms with Gasteiger partial charge in [-0.1, -0.05) is 29.8 Å². The van der Waals surface area contributed by atoms with Gasteiger partial charge in [0.2, 0.25) is 15.9 Å². The number of likely N-dealkylation sites (N-methyl/N-ethyl adjacent to an activating group) is 1. The third-order valence-electron chi connectivity index (χ3n) is 6.35. The lowest BCUT2D eigenvalue weighted by Crippen LogP contribution is -2.49. The number of pyridine rings is 1. The maximum atomic E-state index is 12.8. The van der Waals surface area contributed by atoms with Crippen molar-refractivity contribution < 1.29 is 17.9 Å². The number of amides is 1. The number of hydrogen-bond donors (Lipinski definition) is 0. The minimum atomic E-state index is -3.54. The second-order valence-electron chi connectivity index (χ2n) is 8.87. The van der Waals surface area contributed by atoms with Gasteiger partial charge < -0.3 is 14.5 Å². The summed E-state index contributed by atoms with van der Waals surface area (Å²) in [5.41, 5.74) is 2.33. The molecule has 184 valence electrons. The molecule has 0 spiro atoms. The van der Waals surface area contributed by atoms with Gasteiger partial charge in [-0.3, -0.25) is 9.69 Å². The molecule has 0 saturated carbocycles. The van der Waals surface area contributed by atoms with Gasteiger partial charge in [0.25, 0.3) is 0 Å². The number of carbonyl (C=O) groups is 1. The molecule has 0 aliphatic carbocycles. The molecule has 34 heavy (non-hydrogen) atoms. The number of aryl methyl sites for hydroxylation is 1. The lowest BCUT2D eigenvalue weighted by Gasteiger charge is -2.35. The number of hydrogen-bond acceptors (Lipinski definition) is 7. The summed E-state index contributed by atoms with van der Waals surface area (Å²) in [6, 6.07) is 11.6. The summed E-state index contributed by atoms with van der Waals surface area (Å²) in [6.07, 6.45) is 1.44. The first kappa shape index (κ1) is 24.6. The fourth-order valence-electron chi connectivity index (χ4n) is 4.15. The number of nitrogens with zero attached hydrogens (tertiary/aromatic N) is 5. The number of carbonyl (C=O) groups excluding carboxylic acids is 1. The van der Waals surface area contributed by atoms with E-state index in [2.05, 4.69) is 46.0 Å². The summed E-state index contributed by atoms with van der Waals surface area (Å²) >= 11 is 0. The molecule has 1 aromatic heterocycles. The third-order valence-corrected chi connectivity index (χ3v) is 8.23. The molecule has 1 aromatic carbocycles. The van der Waals surface area contributed by atoms with Crippen LogP contribution in [0.15, 0.2) is 47.5 Å². The lowest BCUT2D eigenvalue weighted by atomic mass is 10.1. The molecule has 9 nitrogen and oxygen atoms in total. The summed E-state index contributed by atoms with van der Waals surface area (Å²) in [6.45, 7) is 7.57. The van der Waals surface area contributed by atoms with E-state index in [0.29, 0.717) is 39.4 Å². The molecule has 0 radical (unpaired) electrons. The summed E-state index contributed by atoms with van der Waals surface area (Å²) in [7, 11) is -1.70. The normalized spacial score (nSPS) is 18.1. The Morgan fingerprint density at radius 1 is 1.00 bits per heavy atom. The monoisotopic (exact) mass is 487 g/mol. The smallest absolute Gasteiger partial charge is 0.244 e. The number of piperazine rings is 1. The Bertz CT molecular complexity index is 1060. The van der Waals surface area contributed by atoms with E-state index >= 15 is 0 Å². The van der Waals surface area contributed by atoms with E-state index in [-0.39, 0.29) is 10.8 Å². The number of rotatable bonds is 7. The Labute approximate surface area is 202 Å². The van der Waals surface area contributed by atoms with Gasteiger partial charge in [0.05, 0.1) is 19.8 Å². The molecular formula is C24H33N5O4S. The van der Waals surface area contributed by atoms with Crippen LogP contribution in [-0.4, -0.2) is 99.5 Å². The van der Waals surface area contributed by atoms with Crippen molar-refractivity contribution >= 4 is 21.7 Å². The van der Waals surface area contributed by atoms with E-state index in [9.17, 15) is 13.2 Å². The van der Waals surface area contributed by atoms with Crippen LogP contribution in [-0.2, 0) is 26.1 Å². The van der Waals surface area contributed by atoms with E-state index in [1.807, 2.05) is 7.05 Å². The Hall–Kier alpha value is -2.53. The molecule has 0 atom stereocenters. The molecule has 2 aromatic rings. The molecule has 3 heterocycles. The largest absolute Gasteiger partial charge is 0.379 e. The van der Waals surface area contributed by atoms with Crippen molar-refractivity contribution in [1.29, 1.82) is 0 Å². The lowest BCUT2D eigenvalue weighted by molar-refractivity contribution is -0.131. The molecular weight excluding hydrogens is 454 g/mol. The Morgan fingerprint density at radius 3 is 2.29 bits per heavy atom. The number of anilines is 1. The van der Waals surface area contributed by atoms with Gasteiger partial charge in [0, 0.05) is 59.1 Å². The topological polar surface area (TPSA) is 86.3 Å². The fraction of sp³-hybridized carbons (Fsp3) is 0.500. The van der Waals surface area contributed by atoms with E-state index < -0.39 is 10.0 Å². The van der Waals surface area contributed by atoms with Crippen molar-refractivity contribution in [2.24, 2.45) is 0 Å². The van der Waals surface area contributed by atoms with Gasteiger partial charge in [-0.2, -0.15) is 4.31 Å². The highest BCUT2D eigenvalue weighted by Gasteiger charge is 2.27. The van der Waals surface area contributed by atoms with Crippen molar-refractivity contribution in [3.05, 3.63) is 53.7 Å². The average Bonchev–Trinajstić information content (AvgIpc) is 2.86. The summed E-state index contributed by atoms with van der Waals surface area (Å²) in [4.78, 5) is 23.4. The van der Waals surface area contributed by atoms with Crippen molar-refractivity contribution in [2.75, 3.05) is 71.0 Å². The molecule has 0 N–H and O–H groups in total. The zero-order valence-corrected chi connectivity index (χ0v) is 20.7. The van der Waals surface area contributed by atoms with Crippen molar-refractivity contribution in [2.45, 2.75) is 18.4 Å². The molecule has 0 unspecified atom stereocenters. The highest BCUT2D eigenvalue weighted by Crippen LogP contribution is 2.20. The molecule has 0 bridgehead atoms. The summed E-state index contributed by atoms with van der Waals surface area (Å²) in [5.74, 6) is 0.855. The van der Waals surface area contributed by atoms with Crippen LogP contribution in [0.5, 0.6) is 0 Å². The Morgan fingerprint density at radius 2 is 1.68 bits per heavy atom. The first-order valence-electron chi connectivity index (χ1n) is 11.6. The SMILES string of the molecule is Cc1ccc(CN(C)C(=O)CN2CCN(c3ccc(S(=O)(=O)N4CCOCC4)cn3)CC2)cc1. The minimum absolute atomic E-state index is 0.102. The predicted molar refractivity (Wildman–Crippen MR) is 130 cm³/mol. The van der Waals surface area contributed by atoms with E-state index in [1.165, 1.54) is 16.1 Å². The van der Waals surface area contributed by atoms with Crippen LogP contribution >= 0.6 is 0 Å². The van der Waals surface area contributed by atoms with Gasteiger partial charge in [0.1, 0.15) is 10.7 Å². The zero-order valence-electron chi connectivity index (χ0n) is 19.9. The number of aromatic nitrogens is 1. The maximum Gasteiger partial charge on any atom is 0.244 e. The minimum Gasteiger partial charge on any atom is -0.379 e. The number of ether oxygens (including phenoxy) is 1. The fourth-order valence-corrected chi connectivity index (χ4v) is 5.50. The van der Waals surface area contributed by atoms with E-state index in [0.717, 1.165) is 37.6 Å². The molecule has 4 rings (SSSR count). The van der Waals surface area contributed by atoms with Crippen LogP contribution in [0, 0.1) is 6.92 Å². The molecule has 2 aliphatic rings. The van der Waals surface area contributed by atoms with E-state index in [1.54, 1.807) is 17.0 Å². The van der Waals surface area contributed by atoms with Crippen LogP contribution in [0.1, 0.15) is 11.1 Å². The van der Waals surface area contributed by atoms with Crippen LogP contribution in [0.3, 0.4) is 0 Å². The van der Waals surface area contributed by atoms with Gasteiger partial charge in [-0.05, 0) is 24.6 Å². The zero-order chi connectivity index (χ0) is 24.1. The highest BCUT2D eigenvalue weighted by atomic mass is 32.2.